The van der Waals surface area contributed by atoms with Crippen LogP contribution in [0.3, 0.4) is 0 Å². The minimum absolute atomic E-state index is 0.0399. The molecule has 1 aromatic rings. The zero-order valence-corrected chi connectivity index (χ0v) is 16.6. The molecule has 0 aliphatic carbocycles. The molecule has 2 amide bonds. The topological polar surface area (TPSA) is 97.8 Å². The fourth-order valence-electron chi connectivity index (χ4n) is 3.89. The Bertz CT molecular complexity index is 696. The Morgan fingerprint density at radius 1 is 1.39 bits per heavy atom. The molecule has 2 aliphatic rings. The Morgan fingerprint density at radius 2 is 2.25 bits per heavy atom. The fourth-order valence-corrected chi connectivity index (χ4v) is 3.89. The quantitative estimate of drug-likeness (QED) is 0.584. The zero-order chi connectivity index (χ0) is 19.9. The van der Waals surface area contributed by atoms with Crippen LogP contribution in [-0.4, -0.2) is 77.7 Å². The number of carbonyl (C=O) groups excluding carboxylic acids is 1. The van der Waals surface area contributed by atoms with E-state index in [4.69, 9.17) is 10.1 Å². The van der Waals surface area contributed by atoms with Crippen molar-refractivity contribution in [2.45, 2.75) is 44.6 Å². The molecule has 3 N–H and O–H groups in total. The monoisotopic (exact) mass is 389 g/mol. The number of likely N-dealkylation sites (tertiary alicyclic amines) is 1. The molecule has 3 heterocycles. The summed E-state index contributed by atoms with van der Waals surface area (Å²) >= 11 is 0. The van der Waals surface area contributed by atoms with Crippen molar-refractivity contribution < 1.29 is 14.7 Å². The van der Waals surface area contributed by atoms with Gasteiger partial charge in [0.05, 0.1) is 6.54 Å². The number of unbranched alkanes of at least 4 members (excludes halogenated alkanes) is 1. The number of aromatic nitrogens is 1. The second-order valence-electron chi connectivity index (χ2n) is 7.71. The van der Waals surface area contributed by atoms with Gasteiger partial charge in [0, 0.05) is 45.0 Å². The van der Waals surface area contributed by atoms with Crippen molar-refractivity contribution in [3.8, 4) is 0 Å². The summed E-state index contributed by atoms with van der Waals surface area (Å²) in [4.78, 5) is 31.4. The second kappa shape index (κ2) is 9.73. The van der Waals surface area contributed by atoms with Crippen LogP contribution in [-0.2, 0) is 17.6 Å². The van der Waals surface area contributed by atoms with Gasteiger partial charge in [-0.15, -0.1) is 0 Å². The van der Waals surface area contributed by atoms with Gasteiger partial charge in [-0.2, -0.15) is 0 Å². The lowest BCUT2D eigenvalue weighted by atomic mass is 10.1. The predicted octanol–water partition coefficient (Wildman–Crippen LogP) is 1.56. The van der Waals surface area contributed by atoms with E-state index in [1.54, 1.807) is 11.9 Å². The lowest BCUT2D eigenvalue weighted by Gasteiger charge is -2.25. The summed E-state index contributed by atoms with van der Waals surface area (Å²) in [5.41, 5.74) is 2.40. The predicted molar refractivity (Wildman–Crippen MR) is 108 cm³/mol. The van der Waals surface area contributed by atoms with E-state index in [-0.39, 0.29) is 18.6 Å². The number of amides is 2. The maximum Gasteiger partial charge on any atom is 0.317 e. The maximum absolute atomic E-state index is 12.3. The number of urea groups is 1. The molecule has 0 aromatic carbocycles. The van der Waals surface area contributed by atoms with Gasteiger partial charge in [0.1, 0.15) is 5.82 Å². The second-order valence-corrected chi connectivity index (χ2v) is 7.71. The van der Waals surface area contributed by atoms with Gasteiger partial charge < -0.3 is 20.6 Å². The highest BCUT2D eigenvalue weighted by atomic mass is 16.4. The molecule has 0 radical (unpaired) electrons. The number of rotatable bonds is 8. The van der Waals surface area contributed by atoms with E-state index in [2.05, 4.69) is 22.8 Å². The first-order valence-corrected chi connectivity index (χ1v) is 10.2. The Hall–Kier alpha value is -2.35. The number of nitrogens with one attached hydrogen (secondary N) is 2. The van der Waals surface area contributed by atoms with E-state index in [1.165, 1.54) is 12.0 Å². The van der Waals surface area contributed by atoms with Crippen LogP contribution in [0, 0.1) is 0 Å². The number of carboxylic acid groups (broad SMARTS) is 1. The van der Waals surface area contributed by atoms with Crippen molar-refractivity contribution in [3.05, 3.63) is 23.4 Å². The molecule has 8 nitrogen and oxygen atoms in total. The first kappa shape index (κ1) is 20.4. The van der Waals surface area contributed by atoms with Crippen molar-refractivity contribution in [1.82, 2.24) is 20.1 Å². The van der Waals surface area contributed by atoms with Crippen LogP contribution in [0.15, 0.2) is 12.1 Å². The number of aliphatic carboxylic acids is 1. The van der Waals surface area contributed by atoms with E-state index >= 15 is 0 Å². The van der Waals surface area contributed by atoms with E-state index in [9.17, 15) is 9.59 Å². The number of nitrogens with zero attached hydrogens (tertiary/aromatic N) is 3. The molecule has 1 saturated heterocycles. The van der Waals surface area contributed by atoms with Crippen molar-refractivity contribution in [2.24, 2.45) is 0 Å². The average Bonchev–Trinajstić information content (AvgIpc) is 3.14. The maximum atomic E-state index is 12.3. The van der Waals surface area contributed by atoms with E-state index in [0.717, 1.165) is 56.7 Å². The highest BCUT2D eigenvalue weighted by Gasteiger charge is 2.29. The molecule has 0 unspecified atom stereocenters. The van der Waals surface area contributed by atoms with Gasteiger partial charge in [-0.25, -0.2) is 9.78 Å². The van der Waals surface area contributed by atoms with Crippen LogP contribution in [0.25, 0.3) is 0 Å². The molecule has 1 aromatic heterocycles. The SMILES string of the molecule is CN(C(=O)NCCCCc1ccc2c(n1)NCCC2)[C@@H]1CCN(CC(=O)O)C1. The minimum Gasteiger partial charge on any atom is -0.480 e. The summed E-state index contributed by atoms with van der Waals surface area (Å²) in [5.74, 6) is 0.212. The van der Waals surface area contributed by atoms with Crippen LogP contribution < -0.4 is 10.6 Å². The third-order valence-electron chi connectivity index (χ3n) is 5.56. The minimum atomic E-state index is -0.822. The van der Waals surface area contributed by atoms with E-state index < -0.39 is 5.97 Å². The molecular formula is C20H31N5O3. The number of hydrogen-bond donors (Lipinski definition) is 3. The third-order valence-corrected chi connectivity index (χ3v) is 5.56. The summed E-state index contributed by atoms with van der Waals surface area (Å²) in [6.45, 7) is 3.01. The summed E-state index contributed by atoms with van der Waals surface area (Å²) in [5, 5.41) is 15.2. The summed E-state index contributed by atoms with van der Waals surface area (Å²) < 4.78 is 0. The molecule has 0 saturated carbocycles. The number of pyridine rings is 1. The molecular weight excluding hydrogens is 358 g/mol. The molecule has 154 valence electrons. The largest absolute Gasteiger partial charge is 0.480 e. The smallest absolute Gasteiger partial charge is 0.317 e. The van der Waals surface area contributed by atoms with E-state index in [0.29, 0.717) is 13.1 Å². The third kappa shape index (κ3) is 5.58. The average molecular weight is 390 g/mol. The van der Waals surface area contributed by atoms with Gasteiger partial charge in [-0.05, 0) is 50.2 Å². The summed E-state index contributed by atoms with van der Waals surface area (Å²) in [7, 11) is 1.79. The fraction of sp³-hybridized carbons (Fsp3) is 0.650. The number of hydrogen-bond acceptors (Lipinski definition) is 5. The number of likely N-dealkylation sites (N-methyl/N-ethyl adjacent to an activating group) is 1. The molecule has 3 rings (SSSR count). The van der Waals surface area contributed by atoms with Gasteiger partial charge >= 0.3 is 12.0 Å². The Labute approximate surface area is 166 Å². The molecule has 1 atom stereocenters. The van der Waals surface area contributed by atoms with Crippen molar-refractivity contribution >= 4 is 17.8 Å². The molecule has 28 heavy (non-hydrogen) atoms. The first-order valence-electron chi connectivity index (χ1n) is 10.2. The van der Waals surface area contributed by atoms with Crippen LogP contribution in [0.4, 0.5) is 10.6 Å². The van der Waals surface area contributed by atoms with Crippen LogP contribution in [0.2, 0.25) is 0 Å². The van der Waals surface area contributed by atoms with Crippen LogP contribution >= 0.6 is 0 Å². The van der Waals surface area contributed by atoms with Crippen molar-refractivity contribution in [3.63, 3.8) is 0 Å². The summed E-state index contributed by atoms with van der Waals surface area (Å²) in [6.07, 6.45) is 5.88. The molecule has 8 heteroatoms. The summed E-state index contributed by atoms with van der Waals surface area (Å²) in [6, 6.07) is 4.28. The molecule has 2 aliphatic heterocycles. The Kier molecular flexibility index (Phi) is 7.08. The molecule has 0 spiro atoms. The number of carbonyl (C=O) groups is 2. The Balaban J connectivity index is 1.32. The van der Waals surface area contributed by atoms with Gasteiger partial charge in [-0.1, -0.05) is 6.07 Å². The lowest BCUT2D eigenvalue weighted by Crippen LogP contribution is -2.45. The standard InChI is InChI=1S/C20H31N5O3/c1-24(17-9-12-25(13-17)14-18(26)27)20(28)22-10-3-2-6-16-8-7-15-5-4-11-21-19(15)23-16/h7-8,17H,2-6,9-14H2,1H3,(H,21,23)(H,22,28)(H,26,27)/t17-/m1/s1. The normalized spacial score (nSPS) is 19.0. The van der Waals surface area contributed by atoms with Gasteiger partial charge in [0.25, 0.3) is 0 Å². The highest BCUT2D eigenvalue weighted by molar-refractivity contribution is 5.74. The number of fused-ring (bicyclic) bond motifs is 1. The number of carboxylic acids is 1. The molecule has 0 bridgehead atoms. The first-order chi connectivity index (χ1) is 13.5. The van der Waals surface area contributed by atoms with Crippen LogP contribution in [0.5, 0.6) is 0 Å². The lowest BCUT2D eigenvalue weighted by molar-refractivity contribution is -0.138. The van der Waals surface area contributed by atoms with Gasteiger partial charge in [0.15, 0.2) is 0 Å². The number of aryl methyl sites for hydroxylation is 2. The van der Waals surface area contributed by atoms with E-state index in [1.807, 2.05) is 4.90 Å². The Morgan fingerprint density at radius 3 is 3.07 bits per heavy atom. The van der Waals surface area contributed by atoms with Crippen LogP contribution in [0.1, 0.15) is 36.9 Å². The number of anilines is 1. The van der Waals surface area contributed by atoms with Gasteiger partial charge in [0.2, 0.25) is 0 Å². The van der Waals surface area contributed by atoms with Crippen molar-refractivity contribution in [1.29, 1.82) is 0 Å². The van der Waals surface area contributed by atoms with Crippen molar-refractivity contribution in [2.75, 3.05) is 45.1 Å². The highest BCUT2D eigenvalue weighted by Crippen LogP contribution is 2.20. The molecule has 1 fully saturated rings. The van der Waals surface area contributed by atoms with Gasteiger partial charge in [-0.3, -0.25) is 9.69 Å². The zero-order valence-electron chi connectivity index (χ0n) is 16.6.